The van der Waals surface area contributed by atoms with Crippen LogP contribution in [0.1, 0.15) is 5.56 Å². The van der Waals surface area contributed by atoms with Crippen molar-refractivity contribution in [1.29, 1.82) is 0 Å². The van der Waals surface area contributed by atoms with E-state index in [4.69, 9.17) is 9.15 Å². The van der Waals surface area contributed by atoms with E-state index in [1.807, 2.05) is 6.07 Å². The summed E-state index contributed by atoms with van der Waals surface area (Å²) in [5, 5.41) is 2.97. The van der Waals surface area contributed by atoms with Crippen molar-refractivity contribution in [3.63, 3.8) is 0 Å². The molecule has 3 atom stereocenters. The van der Waals surface area contributed by atoms with Crippen LogP contribution in [0.15, 0.2) is 23.0 Å². The average Bonchev–Trinajstić information content (AvgIpc) is 3.14. The third-order valence-electron chi connectivity index (χ3n) is 4.42. The van der Waals surface area contributed by atoms with Gasteiger partial charge in [-0.2, -0.15) is 0 Å². The maximum atomic E-state index is 11.6. The maximum Gasteiger partial charge on any atom is 0.316 e. The first-order chi connectivity index (χ1) is 10.1. The lowest BCUT2D eigenvalue weighted by Gasteiger charge is -2.20. The molecule has 0 unspecified atom stereocenters. The molecule has 1 N–H and O–H groups in total. The van der Waals surface area contributed by atoms with E-state index in [0.717, 1.165) is 26.2 Å². The number of furan rings is 1. The van der Waals surface area contributed by atoms with E-state index in [1.165, 1.54) is 5.56 Å². The van der Waals surface area contributed by atoms with Gasteiger partial charge >= 0.3 is 6.03 Å². The largest absolute Gasteiger partial charge is 0.472 e. The number of carbonyl (C=O) groups excluding carboxylic acids is 1. The first-order valence-electron chi connectivity index (χ1n) is 7.43. The van der Waals surface area contributed by atoms with Crippen molar-refractivity contribution in [3.05, 3.63) is 24.2 Å². The fourth-order valence-corrected chi connectivity index (χ4v) is 3.24. The van der Waals surface area contributed by atoms with Crippen LogP contribution in [0.25, 0.3) is 0 Å². The van der Waals surface area contributed by atoms with Crippen molar-refractivity contribution in [3.8, 4) is 0 Å². The zero-order valence-corrected chi connectivity index (χ0v) is 12.6. The number of nitrogens with zero attached hydrogens (tertiary/aromatic N) is 2. The van der Waals surface area contributed by atoms with Crippen LogP contribution in [-0.2, 0) is 11.3 Å². The lowest BCUT2D eigenvalue weighted by Crippen LogP contribution is -2.39. The molecule has 0 aliphatic carbocycles. The van der Waals surface area contributed by atoms with Gasteiger partial charge in [0, 0.05) is 57.7 Å². The van der Waals surface area contributed by atoms with Crippen LogP contribution >= 0.6 is 0 Å². The van der Waals surface area contributed by atoms with E-state index in [9.17, 15) is 4.79 Å². The number of carbonyl (C=O) groups is 1. The number of hydrogen-bond donors (Lipinski definition) is 1. The Morgan fingerprint density at radius 3 is 3.05 bits per heavy atom. The van der Waals surface area contributed by atoms with E-state index >= 15 is 0 Å². The van der Waals surface area contributed by atoms with Gasteiger partial charge in [0.1, 0.15) is 0 Å². The summed E-state index contributed by atoms with van der Waals surface area (Å²) in [6.07, 6.45) is 3.81. The normalized spacial score (nSPS) is 28.6. The average molecular weight is 293 g/mol. The van der Waals surface area contributed by atoms with Gasteiger partial charge in [-0.25, -0.2) is 4.79 Å². The Morgan fingerprint density at radius 2 is 2.33 bits per heavy atom. The second-order valence-corrected chi connectivity index (χ2v) is 6.20. The van der Waals surface area contributed by atoms with Crippen molar-refractivity contribution in [2.45, 2.75) is 12.6 Å². The Morgan fingerprint density at radius 1 is 1.48 bits per heavy atom. The number of nitrogens with one attached hydrogen (secondary N) is 1. The quantitative estimate of drug-likeness (QED) is 0.900. The van der Waals surface area contributed by atoms with Crippen LogP contribution in [0.2, 0.25) is 0 Å². The highest BCUT2D eigenvalue weighted by Gasteiger charge is 2.43. The molecule has 6 nitrogen and oxygen atoms in total. The molecule has 2 aliphatic rings. The van der Waals surface area contributed by atoms with Gasteiger partial charge in [0.2, 0.25) is 0 Å². The minimum atomic E-state index is -0.0355. The minimum absolute atomic E-state index is 0.0355. The number of likely N-dealkylation sites (tertiary alicyclic amines) is 1. The molecule has 2 aliphatic heterocycles. The van der Waals surface area contributed by atoms with Gasteiger partial charge < -0.3 is 19.4 Å². The minimum Gasteiger partial charge on any atom is -0.472 e. The molecule has 0 saturated carbocycles. The van der Waals surface area contributed by atoms with Gasteiger partial charge in [0.25, 0.3) is 0 Å². The van der Waals surface area contributed by atoms with Gasteiger partial charge in [0.15, 0.2) is 0 Å². The monoisotopic (exact) mass is 293 g/mol. The number of urea groups is 1. The molecule has 2 saturated heterocycles. The van der Waals surface area contributed by atoms with Crippen LogP contribution < -0.4 is 5.32 Å². The van der Waals surface area contributed by atoms with Gasteiger partial charge in [-0.3, -0.25) is 4.90 Å². The molecule has 0 radical (unpaired) electrons. The third kappa shape index (κ3) is 3.22. The first kappa shape index (κ1) is 14.4. The summed E-state index contributed by atoms with van der Waals surface area (Å²) in [4.78, 5) is 15.6. The molecule has 0 spiro atoms. The summed E-state index contributed by atoms with van der Waals surface area (Å²) < 4.78 is 11.0. The van der Waals surface area contributed by atoms with Crippen LogP contribution in [0.5, 0.6) is 0 Å². The van der Waals surface area contributed by atoms with Crippen LogP contribution in [0.4, 0.5) is 4.79 Å². The highest BCUT2D eigenvalue weighted by Crippen LogP contribution is 2.34. The second kappa shape index (κ2) is 6.07. The zero-order valence-electron chi connectivity index (χ0n) is 12.6. The molecule has 2 amide bonds. The van der Waals surface area contributed by atoms with Crippen LogP contribution in [-0.4, -0.2) is 62.3 Å². The Labute approximate surface area is 125 Å². The molecule has 3 heterocycles. The van der Waals surface area contributed by atoms with Crippen molar-refractivity contribution in [2.75, 3.05) is 40.3 Å². The van der Waals surface area contributed by atoms with E-state index in [1.54, 1.807) is 31.5 Å². The van der Waals surface area contributed by atoms with Crippen molar-refractivity contribution in [2.24, 2.45) is 11.8 Å². The summed E-state index contributed by atoms with van der Waals surface area (Å²) in [7, 11) is 3.51. The summed E-state index contributed by atoms with van der Waals surface area (Å²) in [5.74, 6) is 0.924. The number of hydrogen-bond acceptors (Lipinski definition) is 4. The molecule has 116 valence electrons. The fraction of sp³-hybridized carbons (Fsp3) is 0.667. The second-order valence-electron chi connectivity index (χ2n) is 6.20. The van der Waals surface area contributed by atoms with E-state index < -0.39 is 0 Å². The first-order valence-corrected chi connectivity index (χ1v) is 7.43. The predicted molar refractivity (Wildman–Crippen MR) is 77.8 cm³/mol. The summed E-state index contributed by atoms with van der Waals surface area (Å²) in [6.45, 7) is 4.34. The molecular formula is C15H23N3O3. The lowest BCUT2D eigenvalue weighted by atomic mass is 9.93. The highest BCUT2D eigenvalue weighted by molar-refractivity contribution is 5.73. The van der Waals surface area contributed by atoms with E-state index in [-0.39, 0.29) is 6.03 Å². The molecule has 0 aromatic carbocycles. The molecule has 0 bridgehead atoms. The van der Waals surface area contributed by atoms with Gasteiger partial charge in [0.05, 0.1) is 25.2 Å². The predicted octanol–water partition coefficient (Wildman–Crippen LogP) is 0.998. The highest BCUT2D eigenvalue weighted by atomic mass is 16.5. The number of fused-ring (bicyclic) bond motifs is 1. The molecule has 6 heteroatoms. The third-order valence-corrected chi connectivity index (χ3v) is 4.42. The summed E-state index contributed by atoms with van der Waals surface area (Å²) >= 11 is 0. The Hall–Kier alpha value is -1.53. The zero-order chi connectivity index (χ0) is 14.8. The Balaban J connectivity index is 1.50. The van der Waals surface area contributed by atoms with Crippen LogP contribution in [0, 0.1) is 11.8 Å². The van der Waals surface area contributed by atoms with Crippen LogP contribution in [0.3, 0.4) is 0 Å². The fourth-order valence-electron chi connectivity index (χ4n) is 3.24. The molecule has 3 rings (SSSR count). The molecule has 1 aromatic rings. The number of rotatable bonds is 4. The SMILES string of the molecule is CN(C)C(=O)NC[C@@H]1CO[C@H]2CN(Cc3ccoc3)C[C@@H]12. The van der Waals surface area contributed by atoms with E-state index in [2.05, 4.69) is 10.2 Å². The van der Waals surface area contributed by atoms with Crippen molar-refractivity contribution < 1.29 is 13.9 Å². The van der Waals surface area contributed by atoms with Crippen molar-refractivity contribution >= 4 is 6.03 Å². The summed E-state index contributed by atoms with van der Waals surface area (Å²) in [5.41, 5.74) is 1.20. The molecular weight excluding hydrogens is 270 g/mol. The van der Waals surface area contributed by atoms with E-state index in [0.29, 0.717) is 24.5 Å². The molecule has 2 fully saturated rings. The van der Waals surface area contributed by atoms with Crippen molar-refractivity contribution in [1.82, 2.24) is 15.1 Å². The summed E-state index contributed by atoms with van der Waals surface area (Å²) in [6, 6.07) is 1.97. The molecule has 1 aromatic heterocycles. The molecule has 21 heavy (non-hydrogen) atoms. The smallest absolute Gasteiger partial charge is 0.316 e. The van der Waals surface area contributed by atoms with Gasteiger partial charge in [-0.15, -0.1) is 0 Å². The van der Waals surface area contributed by atoms with Gasteiger partial charge in [-0.1, -0.05) is 0 Å². The number of amides is 2. The Kier molecular flexibility index (Phi) is 4.17. The number of ether oxygens (including phenoxy) is 1. The standard InChI is InChI=1S/C15H23N3O3/c1-17(2)15(19)16-5-12-10-21-14-8-18(7-13(12)14)6-11-3-4-20-9-11/h3-4,9,12-14H,5-8,10H2,1-2H3,(H,16,19)/t12-,13+,14+/m1/s1. The van der Waals surface area contributed by atoms with Gasteiger partial charge in [-0.05, 0) is 6.07 Å². The lowest BCUT2D eigenvalue weighted by molar-refractivity contribution is 0.0939. The topological polar surface area (TPSA) is 58.0 Å². The Bertz CT molecular complexity index is 475. The maximum absolute atomic E-state index is 11.6.